The van der Waals surface area contributed by atoms with Gasteiger partial charge in [-0.3, -0.25) is 4.57 Å². The molecule has 0 atom stereocenters. The molecule has 0 bridgehead atoms. The lowest BCUT2D eigenvalue weighted by molar-refractivity contribution is 0.391. The van der Waals surface area contributed by atoms with Crippen molar-refractivity contribution in [2.45, 2.75) is 17.8 Å². The Morgan fingerprint density at radius 1 is 0.909 bits per heavy atom. The number of hydrogen-bond donors (Lipinski definition) is 0. The fourth-order valence-electron chi connectivity index (χ4n) is 3.47. The van der Waals surface area contributed by atoms with Crippen LogP contribution in [0.1, 0.15) is 11.5 Å². The number of hydrogen-bond acceptors (Lipinski definition) is 7. The van der Waals surface area contributed by atoms with Crippen molar-refractivity contribution in [3.8, 4) is 34.2 Å². The number of nitrogens with zero attached hydrogens (tertiary/aromatic N) is 5. The molecule has 3 aromatic carbocycles. The minimum absolute atomic E-state index is 0.479. The smallest absolute Gasteiger partial charge is 0.237 e. The summed E-state index contributed by atoms with van der Waals surface area (Å²) >= 11 is 1.50. The number of aryl methyl sites for hydroxylation is 1. The van der Waals surface area contributed by atoms with Crippen LogP contribution in [0.25, 0.3) is 28.5 Å². The van der Waals surface area contributed by atoms with E-state index in [4.69, 9.17) is 9.26 Å². The molecule has 33 heavy (non-hydrogen) atoms. The number of methoxy groups -OCH3 is 1. The van der Waals surface area contributed by atoms with Gasteiger partial charge in [-0.1, -0.05) is 59.4 Å². The Morgan fingerprint density at radius 3 is 2.42 bits per heavy atom. The fourth-order valence-corrected chi connectivity index (χ4v) is 4.26. The lowest BCUT2D eigenvalue weighted by Gasteiger charge is -2.10. The SMILES string of the molecule is COc1ccc(-c2nnc(SCc3nc(-c4ccccc4C)no3)n2-c2ccccc2)cc1. The zero-order valence-corrected chi connectivity index (χ0v) is 19.0. The number of ether oxygens (including phenoxy) is 1. The van der Waals surface area contributed by atoms with E-state index in [1.54, 1.807) is 7.11 Å². The average molecular weight is 456 g/mol. The zero-order valence-electron chi connectivity index (χ0n) is 18.2. The third kappa shape index (κ3) is 4.38. The molecule has 0 aliphatic carbocycles. The van der Waals surface area contributed by atoms with Gasteiger partial charge in [0.2, 0.25) is 11.7 Å². The first-order valence-corrected chi connectivity index (χ1v) is 11.4. The molecule has 0 unspecified atom stereocenters. The molecule has 0 spiro atoms. The van der Waals surface area contributed by atoms with E-state index in [1.165, 1.54) is 11.8 Å². The molecular formula is C25H21N5O2S. The molecule has 7 nitrogen and oxygen atoms in total. The molecule has 0 saturated heterocycles. The largest absolute Gasteiger partial charge is 0.497 e. The van der Waals surface area contributed by atoms with Crippen molar-refractivity contribution < 1.29 is 9.26 Å². The average Bonchev–Trinajstić information content (AvgIpc) is 3.51. The summed E-state index contributed by atoms with van der Waals surface area (Å²) in [6, 6.07) is 25.8. The molecule has 5 aromatic rings. The van der Waals surface area contributed by atoms with Gasteiger partial charge in [-0.05, 0) is 48.9 Å². The highest BCUT2D eigenvalue weighted by Crippen LogP contribution is 2.31. The normalized spacial score (nSPS) is 11.0. The molecule has 2 heterocycles. The number of aromatic nitrogens is 5. The van der Waals surface area contributed by atoms with Gasteiger partial charge in [0.25, 0.3) is 0 Å². The van der Waals surface area contributed by atoms with Crippen LogP contribution in [0.3, 0.4) is 0 Å². The highest BCUT2D eigenvalue weighted by Gasteiger charge is 2.18. The predicted octanol–water partition coefficient (Wildman–Crippen LogP) is 5.59. The van der Waals surface area contributed by atoms with Gasteiger partial charge in [-0.2, -0.15) is 4.98 Å². The Morgan fingerprint density at radius 2 is 1.67 bits per heavy atom. The van der Waals surface area contributed by atoms with Gasteiger partial charge in [0.1, 0.15) is 5.75 Å². The van der Waals surface area contributed by atoms with Crippen molar-refractivity contribution >= 4 is 11.8 Å². The monoisotopic (exact) mass is 455 g/mol. The van der Waals surface area contributed by atoms with E-state index >= 15 is 0 Å². The lowest BCUT2D eigenvalue weighted by Crippen LogP contribution is -1.99. The van der Waals surface area contributed by atoms with Crippen molar-refractivity contribution in [1.29, 1.82) is 0 Å². The maximum Gasteiger partial charge on any atom is 0.237 e. The topological polar surface area (TPSA) is 78.9 Å². The summed E-state index contributed by atoms with van der Waals surface area (Å²) in [4.78, 5) is 4.57. The first-order valence-electron chi connectivity index (χ1n) is 10.4. The third-order valence-corrected chi connectivity index (χ3v) is 6.09. The summed E-state index contributed by atoms with van der Waals surface area (Å²) in [6.07, 6.45) is 0. The van der Waals surface area contributed by atoms with Crippen LogP contribution in [0.5, 0.6) is 5.75 Å². The number of benzene rings is 3. The van der Waals surface area contributed by atoms with Crippen LogP contribution in [0, 0.1) is 6.92 Å². The van der Waals surface area contributed by atoms with Crippen LogP contribution in [0.2, 0.25) is 0 Å². The van der Waals surface area contributed by atoms with Crippen molar-refractivity contribution in [2.75, 3.05) is 7.11 Å². The minimum Gasteiger partial charge on any atom is -0.497 e. The first kappa shape index (κ1) is 21.0. The maximum atomic E-state index is 5.51. The van der Waals surface area contributed by atoms with Crippen molar-refractivity contribution in [3.63, 3.8) is 0 Å². The molecule has 0 amide bonds. The van der Waals surface area contributed by atoms with E-state index in [0.29, 0.717) is 17.5 Å². The Labute approximate surface area is 195 Å². The quantitative estimate of drug-likeness (QED) is 0.296. The number of rotatable bonds is 7. The summed E-state index contributed by atoms with van der Waals surface area (Å²) in [6.45, 7) is 2.03. The number of para-hydroxylation sites is 1. The van der Waals surface area contributed by atoms with Crippen LogP contribution < -0.4 is 4.74 Å². The molecule has 5 rings (SSSR count). The summed E-state index contributed by atoms with van der Waals surface area (Å²) in [5, 5.41) is 13.8. The second-order valence-corrected chi connectivity index (χ2v) is 8.26. The van der Waals surface area contributed by atoms with Gasteiger partial charge in [0, 0.05) is 16.8 Å². The van der Waals surface area contributed by atoms with Gasteiger partial charge in [-0.15, -0.1) is 10.2 Å². The second-order valence-electron chi connectivity index (χ2n) is 7.32. The van der Waals surface area contributed by atoms with Crippen molar-refractivity contribution in [3.05, 3.63) is 90.3 Å². The molecule has 2 aromatic heterocycles. The molecule has 0 N–H and O–H groups in total. The molecule has 0 saturated carbocycles. The summed E-state index contributed by atoms with van der Waals surface area (Å²) in [5.41, 5.74) is 3.98. The van der Waals surface area contributed by atoms with Gasteiger partial charge in [0.15, 0.2) is 11.0 Å². The molecular weight excluding hydrogens is 434 g/mol. The van der Waals surface area contributed by atoms with Gasteiger partial charge in [0.05, 0.1) is 12.9 Å². The molecule has 0 fully saturated rings. The molecule has 164 valence electrons. The molecule has 0 aliphatic rings. The first-order chi connectivity index (χ1) is 16.2. The van der Waals surface area contributed by atoms with Crippen molar-refractivity contribution in [1.82, 2.24) is 24.9 Å². The van der Waals surface area contributed by atoms with Crippen LogP contribution in [-0.4, -0.2) is 32.0 Å². The molecule has 0 aliphatic heterocycles. The lowest BCUT2D eigenvalue weighted by atomic mass is 10.1. The van der Waals surface area contributed by atoms with Crippen LogP contribution in [0.4, 0.5) is 0 Å². The number of thioether (sulfide) groups is 1. The predicted molar refractivity (Wildman–Crippen MR) is 127 cm³/mol. The standard InChI is InChI=1S/C25H21N5O2S/c1-17-8-6-7-11-21(17)23-26-22(32-29-23)16-33-25-28-27-24(18-12-14-20(31-2)15-13-18)30(25)19-9-4-3-5-10-19/h3-15H,16H2,1-2H3. The highest BCUT2D eigenvalue weighted by atomic mass is 32.2. The summed E-state index contributed by atoms with van der Waals surface area (Å²) in [7, 11) is 1.65. The van der Waals surface area contributed by atoms with E-state index in [2.05, 4.69) is 20.3 Å². The Kier molecular flexibility index (Phi) is 5.91. The van der Waals surface area contributed by atoms with Gasteiger partial charge >= 0.3 is 0 Å². The van der Waals surface area contributed by atoms with E-state index in [0.717, 1.165) is 39.1 Å². The third-order valence-electron chi connectivity index (χ3n) is 5.17. The molecule has 0 radical (unpaired) electrons. The van der Waals surface area contributed by atoms with Crippen LogP contribution in [-0.2, 0) is 5.75 Å². The van der Waals surface area contributed by atoms with Crippen LogP contribution in [0.15, 0.2) is 88.5 Å². The van der Waals surface area contributed by atoms with E-state index in [9.17, 15) is 0 Å². The molecule has 8 heteroatoms. The van der Waals surface area contributed by atoms with E-state index in [-0.39, 0.29) is 0 Å². The van der Waals surface area contributed by atoms with Gasteiger partial charge in [-0.25, -0.2) is 0 Å². The Hall–Kier alpha value is -3.91. The summed E-state index contributed by atoms with van der Waals surface area (Å²) < 4.78 is 12.8. The highest BCUT2D eigenvalue weighted by molar-refractivity contribution is 7.98. The second kappa shape index (κ2) is 9.30. The van der Waals surface area contributed by atoms with Gasteiger partial charge < -0.3 is 9.26 Å². The Balaban J connectivity index is 1.44. The van der Waals surface area contributed by atoms with Crippen LogP contribution >= 0.6 is 11.8 Å². The summed E-state index contributed by atoms with van der Waals surface area (Å²) in [5.74, 6) is 3.14. The fraction of sp³-hybridized carbons (Fsp3) is 0.120. The van der Waals surface area contributed by atoms with Crippen molar-refractivity contribution in [2.24, 2.45) is 0 Å². The Bertz CT molecular complexity index is 1360. The zero-order chi connectivity index (χ0) is 22.6. The minimum atomic E-state index is 0.479. The van der Waals surface area contributed by atoms with E-state index in [1.807, 2.05) is 90.4 Å². The maximum absolute atomic E-state index is 5.51. The van der Waals surface area contributed by atoms with E-state index < -0.39 is 0 Å².